The quantitative estimate of drug-likeness (QED) is 0.547. The van der Waals surface area contributed by atoms with Gasteiger partial charge >= 0.3 is 127 Å². The first-order valence-electron chi connectivity index (χ1n) is 6.75. The number of halogens is 2. The average molecular weight is 355 g/mol. The van der Waals surface area contributed by atoms with Gasteiger partial charge in [-0.25, -0.2) is 0 Å². The zero-order chi connectivity index (χ0) is 13.4. The average Bonchev–Trinajstić information content (AvgIpc) is 2.71. The Hall–Kier alpha value is -0.306. The molecule has 0 saturated carbocycles. The van der Waals surface area contributed by atoms with Gasteiger partial charge < -0.3 is 24.8 Å². The van der Waals surface area contributed by atoms with E-state index in [9.17, 15) is 0 Å². The normalized spacial score (nSPS) is 15.0. The molecule has 0 fully saturated rings. The van der Waals surface area contributed by atoms with Crippen LogP contribution in [0.25, 0.3) is 11.1 Å². The summed E-state index contributed by atoms with van der Waals surface area (Å²) < 4.78 is 0.532. The fraction of sp³-hybridized carbons (Fsp3) is 0.294. The molecule has 2 aromatic carbocycles. The summed E-state index contributed by atoms with van der Waals surface area (Å²) in [5.74, 6) is 0. The van der Waals surface area contributed by atoms with Gasteiger partial charge in [0.15, 0.2) is 0 Å². The Morgan fingerprint density at radius 2 is 1.62 bits per heavy atom. The van der Waals surface area contributed by atoms with E-state index in [0.29, 0.717) is 4.22 Å². The van der Waals surface area contributed by atoms with E-state index in [1.54, 1.807) is 5.56 Å². The van der Waals surface area contributed by atoms with E-state index >= 15 is 0 Å². The fourth-order valence-electron chi connectivity index (χ4n) is 2.90. The molecule has 0 radical (unpaired) electrons. The number of likely N-dealkylation sites (N-methyl/N-ethyl adjacent to an activating group) is 1. The second kappa shape index (κ2) is 7.81. The van der Waals surface area contributed by atoms with Gasteiger partial charge in [-0.05, 0) is 0 Å². The van der Waals surface area contributed by atoms with Crippen molar-refractivity contribution < 1.29 is 45.2 Å². The molecule has 0 spiro atoms. The largest absolute Gasteiger partial charge is 1.00 e. The summed E-state index contributed by atoms with van der Waals surface area (Å²) in [6.07, 6.45) is 1.13. The third kappa shape index (κ3) is 3.55. The predicted octanol–water partition coefficient (Wildman–Crippen LogP) is -2.58. The molecule has 3 rings (SSSR count). The van der Waals surface area contributed by atoms with Crippen LogP contribution in [0.2, 0.25) is 0 Å². The molecule has 1 aliphatic carbocycles. The first kappa shape index (κ1) is 18.7. The van der Waals surface area contributed by atoms with E-state index < -0.39 is 0 Å². The minimum absolute atomic E-state index is 0. The number of fused-ring (bicyclic) bond motifs is 3. The van der Waals surface area contributed by atoms with Crippen LogP contribution in [0.3, 0.4) is 0 Å². The minimum atomic E-state index is 0. The second-order valence-corrected chi connectivity index (χ2v) is 6.35. The van der Waals surface area contributed by atoms with Crippen molar-refractivity contribution in [3.05, 3.63) is 59.2 Å². The fourth-order valence-corrected chi connectivity index (χ4v) is 3.83. The summed E-state index contributed by atoms with van der Waals surface area (Å²) in [6.45, 7) is 1.11. The number of benzene rings is 2. The van der Waals surface area contributed by atoms with Crippen molar-refractivity contribution in [2.45, 2.75) is 10.6 Å². The first-order chi connectivity index (χ1) is 9.18. The Kier molecular flexibility index (Phi) is 6.97. The molecule has 21 heavy (non-hydrogen) atoms. The zero-order valence-electron chi connectivity index (χ0n) is 12.2. The van der Waals surface area contributed by atoms with Gasteiger partial charge in [0.25, 0.3) is 0 Å². The summed E-state index contributed by atoms with van der Waals surface area (Å²) in [7, 11) is 4.28. The molecule has 109 valence electrons. The second-order valence-electron chi connectivity index (χ2n) is 5.45. The van der Waals surface area contributed by atoms with Crippen molar-refractivity contribution in [2.75, 3.05) is 20.6 Å². The monoisotopic (exact) mass is 354 g/mol. The molecule has 2 aromatic rings. The Morgan fingerprint density at radius 3 is 2.33 bits per heavy atom. The van der Waals surface area contributed by atoms with Crippen molar-refractivity contribution in [1.29, 1.82) is 0 Å². The van der Waals surface area contributed by atoms with Crippen LogP contribution in [0.1, 0.15) is 20.9 Å². The van der Waals surface area contributed by atoms with Crippen LogP contribution in [0.5, 0.6) is 0 Å². The summed E-state index contributed by atoms with van der Waals surface area (Å²) in [5.41, 5.74) is 7.41. The van der Waals surface area contributed by atoms with Crippen molar-refractivity contribution in [2.24, 2.45) is 0 Å². The molecule has 0 saturated heterocycles. The molecule has 1 unspecified atom stereocenters. The summed E-state index contributed by atoms with van der Waals surface area (Å²) in [6, 6.07) is 15.6. The number of hydrogen-bond acceptors (Lipinski definition) is 1. The Morgan fingerprint density at radius 1 is 0.952 bits per heavy atom. The van der Waals surface area contributed by atoms with Crippen molar-refractivity contribution in [3.63, 3.8) is 0 Å². The van der Waals surface area contributed by atoms with E-state index in [4.69, 9.17) is 0 Å². The summed E-state index contributed by atoms with van der Waals surface area (Å²) in [5, 5.41) is 0. The Bertz CT molecular complexity index is 613. The molecule has 0 N–H and O–H groups in total. The van der Waals surface area contributed by atoms with Gasteiger partial charge in [0.1, 0.15) is 0 Å². The molecule has 4 heteroatoms. The molecule has 0 heterocycles. The van der Waals surface area contributed by atoms with E-state index in [1.165, 1.54) is 22.3 Å². The Labute approximate surface area is 151 Å². The molecule has 0 aliphatic heterocycles. The first-order valence-corrected chi connectivity index (χ1v) is 7.65. The van der Waals surface area contributed by atoms with Gasteiger partial charge in [-0.2, -0.15) is 0 Å². The summed E-state index contributed by atoms with van der Waals surface area (Å²) in [4.78, 5) is 2.26. The maximum atomic E-state index is 2.34. The van der Waals surface area contributed by atoms with Gasteiger partial charge in [0, 0.05) is 0 Å². The van der Waals surface area contributed by atoms with Crippen LogP contribution in [0, 0.1) is 0 Å². The van der Waals surface area contributed by atoms with Gasteiger partial charge in [0.2, 0.25) is 0 Å². The van der Waals surface area contributed by atoms with Crippen LogP contribution in [-0.4, -0.2) is 25.5 Å². The van der Waals surface area contributed by atoms with Crippen LogP contribution < -0.4 is 24.8 Å². The van der Waals surface area contributed by atoms with Crippen LogP contribution >= 0.6 is 0 Å². The number of nitrogens with zero attached hydrogens (tertiary/aromatic N) is 1. The maximum Gasteiger partial charge on any atom is -1.00 e. The van der Waals surface area contributed by atoms with Crippen molar-refractivity contribution >= 4 is 0 Å². The number of rotatable bonds is 3. The van der Waals surface area contributed by atoms with Gasteiger partial charge in [-0.1, -0.05) is 0 Å². The molecule has 1 aliphatic rings. The predicted molar refractivity (Wildman–Crippen MR) is 76.0 cm³/mol. The summed E-state index contributed by atoms with van der Waals surface area (Å²) >= 11 is 2.34. The van der Waals surface area contributed by atoms with Crippen molar-refractivity contribution in [1.82, 2.24) is 4.90 Å². The van der Waals surface area contributed by atoms with Crippen LogP contribution in [0.15, 0.2) is 42.5 Å². The molecule has 1 nitrogen and oxygen atoms in total. The van der Waals surface area contributed by atoms with Gasteiger partial charge in [-0.15, -0.1) is 0 Å². The van der Waals surface area contributed by atoms with Gasteiger partial charge in [0.05, 0.1) is 0 Å². The minimum Gasteiger partial charge on any atom is -1.00 e. The van der Waals surface area contributed by atoms with Gasteiger partial charge in [-0.3, -0.25) is 0 Å². The van der Waals surface area contributed by atoms with Crippen LogP contribution in [-0.2, 0) is 26.9 Å². The standard InChI is InChI=1S/C17H18N.2ClH.Ti/c1-18(2)11-10-13-7-5-9-16-15-8-4-3-6-14(15)12-17(13)16;;;/h3-9,12H,10-11H2,1-2H3;2*1H;/q;;;+2/p-2. The molecule has 1 atom stereocenters. The SMILES string of the molecule is CN(C)CCc1cccc2c1[CH]([Ti+2])c1ccccc1-2.[Cl-].[Cl-]. The van der Waals surface area contributed by atoms with Crippen LogP contribution in [0.4, 0.5) is 0 Å². The van der Waals surface area contributed by atoms with E-state index in [-0.39, 0.29) is 24.8 Å². The molecule has 0 aromatic heterocycles. The van der Waals surface area contributed by atoms with Crippen molar-refractivity contribution in [3.8, 4) is 11.1 Å². The van der Waals surface area contributed by atoms with E-state index in [2.05, 4.69) is 81.9 Å². The topological polar surface area (TPSA) is 3.24 Å². The Balaban J connectivity index is 0.00000110. The zero-order valence-corrected chi connectivity index (χ0v) is 15.3. The third-order valence-corrected chi connectivity index (χ3v) is 4.81. The van der Waals surface area contributed by atoms with E-state index in [0.717, 1.165) is 13.0 Å². The smallest absolute Gasteiger partial charge is 1.00 e. The molecular weight excluding hydrogens is 337 g/mol. The maximum absolute atomic E-state index is 2.34. The third-order valence-electron chi connectivity index (χ3n) is 3.88. The number of hydrogen-bond donors (Lipinski definition) is 0. The molecule has 0 bridgehead atoms. The molecular formula is C17H18Cl2NTi. The van der Waals surface area contributed by atoms with E-state index in [1.807, 2.05) is 0 Å². The molecule has 0 amide bonds.